The first-order chi connectivity index (χ1) is 13.9. The van der Waals surface area contributed by atoms with Crippen LogP contribution >= 0.6 is 0 Å². The number of pyridine rings is 2. The second kappa shape index (κ2) is 8.43. The second-order valence-corrected chi connectivity index (χ2v) is 6.71. The number of aromatic nitrogens is 2. The Labute approximate surface area is 168 Å². The normalized spacial score (nSPS) is 10.6. The molecule has 0 fully saturated rings. The Balaban J connectivity index is 2.22. The van der Waals surface area contributed by atoms with Crippen LogP contribution in [0.3, 0.4) is 0 Å². The lowest BCUT2D eigenvalue weighted by Gasteiger charge is -2.16. The fourth-order valence-corrected chi connectivity index (χ4v) is 2.83. The van der Waals surface area contributed by atoms with E-state index in [9.17, 15) is 14.4 Å². The van der Waals surface area contributed by atoms with Crippen LogP contribution in [0.5, 0.6) is 0 Å². The van der Waals surface area contributed by atoms with Crippen LogP contribution < -0.4 is 11.1 Å². The predicted molar refractivity (Wildman–Crippen MR) is 109 cm³/mol. The third-order valence-electron chi connectivity index (χ3n) is 4.35. The van der Waals surface area contributed by atoms with Gasteiger partial charge >= 0.3 is 0 Å². The number of ketones is 1. The van der Waals surface area contributed by atoms with Crippen LogP contribution in [0.4, 0.5) is 5.82 Å². The Morgan fingerprint density at radius 1 is 0.966 bits per heavy atom. The number of amides is 2. The molecule has 2 heterocycles. The smallest absolute Gasteiger partial charge is 0.249 e. The van der Waals surface area contributed by atoms with Crippen molar-refractivity contribution in [2.24, 2.45) is 11.7 Å². The minimum absolute atomic E-state index is 0.133. The summed E-state index contributed by atoms with van der Waals surface area (Å²) in [6.45, 7) is 3.47. The predicted octanol–water partition coefficient (Wildman–Crippen LogP) is 3.07. The van der Waals surface area contributed by atoms with Gasteiger partial charge < -0.3 is 11.1 Å². The molecule has 7 heteroatoms. The highest BCUT2D eigenvalue weighted by atomic mass is 16.2. The molecule has 0 aliphatic rings. The molecule has 0 saturated carbocycles. The maximum Gasteiger partial charge on any atom is 0.249 e. The number of benzene rings is 1. The van der Waals surface area contributed by atoms with Crippen molar-refractivity contribution in [1.82, 2.24) is 9.97 Å². The fourth-order valence-electron chi connectivity index (χ4n) is 2.83. The highest BCUT2D eigenvalue weighted by Crippen LogP contribution is 2.33. The lowest BCUT2D eigenvalue weighted by atomic mass is 9.93. The summed E-state index contributed by atoms with van der Waals surface area (Å²) in [5.74, 6) is -1.38. The SMILES string of the molecule is CC(C)C(=O)Nc1nccc(C(N)=O)c1-c1cnccc1C(=O)c1ccccc1. The van der Waals surface area contributed by atoms with E-state index in [1.807, 2.05) is 6.07 Å². The standard InChI is InChI=1S/C22H20N4O3/c1-13(2)22(29)26-21-18(16(20(23)28)9-11-25-21)17-12-24-10-8-15(17)19(27)14-6-4-3-5-7-14/h3-13H,1-2H3,(H2,23,28)(H,25,26,29). The zero-order valence-electron chi connectivity index (χ0n) is 16.0. The van der Waals surface area contributed by atoms with Gasteiger partial charge in [0.25, 0.3) is 0 Å². The van der Waals surface area contributed by atoms with Gasteiger partial charge in [0.15, 0.2) is 5.78 Å². The average Bonchev–Trinajstić information content (AvgIpc) is 2.73. The number of carbonyl (C=O) groups is 3. The minimum atomic E-state index is -0.704. The van der Waals surface area contributed by atoms with Gasteiger partial charge in [-0.25, -0.2) is 4.98 Å². The molecule has 3 aromatic rings. The number of rotatable bonds is 6. The molecule has 2 aromatic heterocycles. The van der Waals surface area contributed by atoms with Crippen molar-refractivity contribution in [2.45, 2.75) is 13.8 Å². The van der Waals surface area contributed by atoms with Crippen LogP contribution in [0.1, 0.15) is 40.1 Å². The molecule has 1 aromatic carbocycles. The zero-order chi connectivity index (χ0) is 21.0. The van der Waals surface area contributed by atoms with Crippen LogP contribution in [-0.2, 0) is 4.79 Å². The lowest BCUT2D eigenvalue weighted by molar-refractivity contribution is -0.118. The first-order valence-corrected chi connectivity index (χ1v) is 9.04. The quantitative estimate of drug-likeness (QED) is 0.630. The summed E-state index contributed by atoms with van der Waals surface area (Å²) >= 11 is 0. The van der Waals surface area contributed by atoms with E-state index in [2.05, 4.69) is 15.3 Å². The van der Waals surface area contributed by atoms with E-state index in [1.165, 1.54) is 24.7 Å². The summed E-state index contributed by atoms with van der Waals surface area (Å²) in [4.78, 5) is 45.8. The second-order valence-electron chi connectivity index (χ2n) is 6.71. The maximum absolute atomic E-state index is 13.1. The number of primary amides is 1. The minimum Gasteiger partial charge on any atom is -0.366 e. The van der Waals surface area contributed by atoms with Crippen molar-refractivity contribution in [3.63, 3.8) is 0 Å². The summed E-state index contributed by atoms with van der Waals surface area (Å²) in [5, 5.41) is 2.71. The van der Waals surface area contributed by atoms with E-state index in [-0.39, 0.29) is 34.6 Å². The van der Waals surface area contributed by atoms with Gasteiger partial charge in [-0.3, -0.25) is 19.4 Å². The summed E-state index contributed by atoms with van der Waals surface area (Å²) in [5.41, 5.74) is 7.13. The van der Waals surface area contributed by atoms with E-state index in [4.69, 9.17) is 5.73 Å². The first-order valence-electron chi connectivity index (χ1n) is 9.04. The molecule has 2 amide bonds. The van der Waals surface area contributed by atoms with Gasteiger partial charge in [-0.1, -0.05) is 44.2 Å². The molecule has 0 unspecified atom stereocenters. The Morgan fingerprint density at radius 3 is 2.31 bits per heavy atom. The molecule has 0 saturated heterocycles. The number of hydrogen-bond acceptors (Lipinski definition) is 5. The monoisotopic (exact) mass is 388 g/mol. The largest absolute Gasteiger partial charge is 0.366 e. The lowest BCUT2D eigenvalue weighted by Crippen LogP contribution is -2.21. The highest BCUT2D eigenvalue weighted by molar-refractivity contribution is 6.15. The Kier molecular flexibility index (Phi) is 5.78. The molecule has 0 aliphatic heterocycles. The topological polar surface area (TPSA) is 115 Å². The van der Waals surface area contributed by atoms with Crippen molar-refractivity contribution in [1.29, 1.82) is 0 Å². The summed E-state index contributed by atoms with van der Waals surface area (Å²) < 4.78 is 0. The summed E-state index contributed by atoms with van der Waals surface area (Å²) in [6, 6.07) is 11.8. The van der Waals surface area contributed by atoms with Crippen molar-refractivity contribution >= 4 is 23.4 Å². The zero-order valence-corrected chi connectivity index (χ0v) is 16.0. The van der Waals surface area contributed by atoms with Crippen molar-refractivity contribution in [3.05, 3.63) is 77.7 Å². The van der Waals surface area contributed by atoms with Gasteiger partial charge in [-0.15, -0.1) is 0 Å². The third kappa shape index (κ3) is 4.19. The molecular weight excluding hydrogens is 368 g/mol. The van der Waals surface area contributed by atoms with Crippen molar-refractivity contribution in [3.8, 4) is 11.1 Å². The van der Waals surface area contributed by atoms with Crippen LogP contribution in [0, 0.1) is 5.92 Å². The average molecular weight is 388 g/mol. The molecule has 146 valence electrons. The first kappa shape index (κ1) is 19.9. The Morgan fingerprint density at radius 2 is 1.66 bits per heavy atom. The highest BCUT2D eigenvalue weighted by Gasteiger charge is 2.23. The molecular formula is C22H20N4O3. The third-order valence-corrected chi connectivity index (χ3v) is 4.35. The van der Waals surface area contributed by atoms with E-state index in [0.717, 1.165) is 0 Å². The van der Waals surface area contributed by atoms with Gasteiger partial charge in [0, 0.05) is 46.8 Å². The maximum atomic E-state index is 13.1. The molecule has 0 aliphatic carbocycles. The molecule has 29 heavy (non-hydrogen) atoms. The molecule has 0 atom stereocenters. The number of nitrogens with zero attached hydrogens (tertiary/aromatic N) is 2. The van der Waals surface area contributed by atoms with Gasteiger partial charge in [0.05, 0.1) is 5.56 Å². The van der Waals surface area contributed by atoms with Crippen molar-refractivity contribution < 1.29 is 14.4 Å². The Hall–Kier alpha value is -3.87. The molecule has 7 nitrogen and oxygen atoms in total. The summed E-state index contributed by atoms with van der Waals surface area (Å²) in [6.07, 6.45) is 4.34. The van der Waals surface area contributed by atoms with Crippen LogP contribution in [0.2, 0.25) is 0 Å². The number of hydrogen-bond donors (Lipinski definition) is 2. The van der Waals surface area contributed by atoms with Crippen LogP contribution in [0.15, 0.2) is 61.1 Å². The van der Waals surface area contributed by atoms with Gasteiger partial charge in [0.2, 0.25) is 11.8 Å². The van der Waals surface area contributed by atoms with E-state index >= 15 is 0 Å². The van der Waals surface area contributed by atoms with Crippen LogP contribution in [-0.4, -0.2) is 27.6 Å². The van der Waals surface area contributed by atoms with Gasteiger partial charge in [-0.2, -0.15) is 0 Å². The molecule has 0 radical (unpaired) electrons. The molecule has 3 N–H and O–H groups in total. The number of nitrogens with two attached hydrogens (primary N) is 1. The number of carbonyl (C=O) groups excluding carboxylic acids is 3. The van der Waals surface area contributed by atoms with E-state index < -0.39 is 5.91 Å². The van der Waals surface area contributed by atoms with E-state index in [0.29, 0.717) is 16.7 Å². The number of nitrogens with one attached hydrogen (secondary N) is 1. The van der Waals surface area contributed by atoms with Gasteiger partial charge in [-0.05, 0) is 12.1 Å². The van der Waals surface area contributed by atoms with E-state index in [1.54, 1.807) is 44.2 Å². The Bertz CT molecular complexity index is 1080. The number of anilines is 1. The molecule has 3 rings (SSSR count). The van der Waals surface area contributed by atoms with Crippen molar-refractivity contribution in [2.75, 3.05) is 5.32 Å². The van der Waals surface area contributed by atoms with Gasteiger partial charge in [0.1, 0.15) is 5.82 Å². The fraction of sp³-hybridized carbons (Fsp3) is 0.136. The van der Waals surface area contributed by atoms with Crippen LogP contribution in [0.25, 0.3) is 11.1 Å². The summed E-state index contributed by atoms with van der Waals surface area (Å²) in [7, 11) is 0. The molecule has 0 spiro atoms. The molecule has 0 bridgehead atoms.